The van der Waals surface area contributed by atoms with Gasteiger partial charge >= 0.3 is 0 Å². The highest BCUT2D eigenvalue weighted by Crippen LogP contribution is 2.27. The van der Waals surface area contributed by atoms with Crippen LogP contribution in [-0.4, -0.2) is 17.1 Å². The first-order valence-electron chi connectivity index (χ1n) is 7.12. The van der Waals surface area contributed by atoms with Crippen molar-refractivity contribution in [3.05, 3.63) is 35.1 Å². The van der Waals surface area contributed by atoms with E-state index in [1.807, 2.05) is 0 Å². The molecule has 0 aromatic heterocycles. The number of nitrogens with one attached hydrogen (secondary N) is 1. The third kappa shape index (κ3) is 3.28. The maximum Gasteiger partial charge on any atom is 0.173 e. The van der Waals surface area contributed by atoms with Gasteiger partial charge in [-0.15, -0.1) is 0 Å². The highest BCUT2D eigenvalue weighted by atomic mass is 19.1. The van der Waals surface area contributed by atoms with Gasteiger partial charge in [0.25, 0.3) is 0 Å². The van der Waals surface area contributed by atoms with Gasteiger partial charge < -0.3 is 16.3 Å². The number of nitrogens with two attached hydrogens (primary N) is 1. The summed E-state index contributed by atoms with van der Waals surface area (Å²) in [4.78, 5) is 0. The van der Waals surface area contributed by atoms with Crippen molar-refractivity contribution in [2.75, 3.05) is 0 Å². The minimum atomic E-state index is -0.422. The molecule has 1 atom stereocenters. The normalized spacial score (nSPS) is 18.4. The molecule has 5 heteroatoms. The maximum atomic E-state index is 14.2. The maximum absolute atomic E-state index is 14.2. The lowest BCUT2D eigenvalue weighted by Crippen LogP contribution is -2.32. The van der Waals surface area contributed by atoms with Crippen LogP contribution < -0.4 is 11.1 Å². The molecular weight excluding hydrogens is 257 g/mol. The Balaban J connectivity index is 2.02. The molecule has 1 aliphatic rings. The predicted molar refractivity (Wildman–Crippen MR) is 77.2 cm³/mol. The second-order valence-corrected chi connectivity index (χ2v) is 5.48. The van der Waals surface area contributed by atoms with Gasteiger partial charge in [-0.25, -0.2) is 4.39 Å². The fourth-order valence-corrected chi connectivity index (χ4v) is 2.86. The second kappa shape index (κ2) is 6.70. The number of rotatable bonds is 5. The monoisotopic (exact) mass is 279 g/mol. The Kier molecular flexibility index (Phi) is 4.95. The molecule has 0 amide bonds. The number of hydrogen-bond acceptors (Lipinski definition) is 3. The van der Waals surface area contributed by atoms with Crippen LogP contribution in [0.5, 0.6) is 0 Å². The minimum Gasteiger partial charge on any atom is -0.409 e. The van der Waals surface area contributed by atoms with E-state index in [9.17, 15) is 4.39 Å². The van der Waals surface area contributed by atoms with Crippen LogP contribution >= 0.6 is 0 Å². The van der Waals surface area contributed by atoms with E-state index >= 15 is 0 Å². The standard InChI is InChI=1S/C15H22FN3O/c1-10(11-5-2-3-6-11)18-9-12-7-4-8-13(14(12)16)15(17)19-20/h4,7-8,10-11,18,20H,2-3,5-6,9H2,1H3,(H2,17,19)/t10-/m1/s1. The number of benzene rings is 1. The van der Waals surface area contributed by atoms with Crippen LogP contribution in [0.15, 0.2) is 23.4 Å². The molecule has 0 heterocycles. The summed E-state index contributed by atoms with van der Waals surface area (Å²) in [6, 6.07) is 5.32. The zero-order valence-electron chi connectivity index (χ0n) is 11.8. The van der Waals surface area contributed by atoms with Crippen molar-refractivity contribution in [1.29, 1.82) is 0 Å². The zero-order chi connectivity index (χ0) is 14.5. The van der Waals surface area contributed by atoms with Crippen molar-refractivity contribution in [1.82, 2.24) is 5.32 Å². The van der Waals surface area contributed by atoms with Crippen LogP contribution in [0.1, 0.15) is 43.7 Å². The molecule has 0 bridgehead atoms. The fourth-order valence-electron chi connectivity index (χ4n) is 2.86. The number of oxime groups is 1. The smallest absolute Gasteiger partial charge is 0.173 e. The largest absolute Gasteiger partial charge is 0.409 e. The van der Waals surface area contributed by atoms with E-state index in [1.54, 1.807) is 12.1 Å². The molecule has 2 rings (SSSR count). The van der Waals surface area contributed by atoms with Crippen LogP contribution in [0.4, 0.5) is 4.39 Å². The van der Waals surface area contributed by atoms with Crippen molar-refractivity contribution in [3.8, 4) is 0 Å². The Bertz CT molecular complexity index is 484. The lowest BCUT2D eigenvalue weighted by molar-refractivity contribution is 0.318. The third-order valence-electron chi connectivity index (χ3n) is 4.18. The Morgan fingerprint density at radius 1 is 1.50 bits per heavy atom. The average Bonchev–Trinajstić information content (AvgIpc) is 2.99. The van der Waals surface area contributed by atoms with E-state index < -0.39 is 5.82 Å². The summed E-state index contributed by atoms with van der Waals surface area (Å²) in [6.45, 7) is 2.61. The summed E-state index contributed by atoms with van der Waals surface area (Å²) in [5.74, 6) is 0.0624. The predicted octanol–water partition coefficient (Wildman–Crippen LogP) is 2.59. The zero-order valence-corrected chi connectivity index (χ0v) is 11.8. The Hall–Kier alpha value is -1.62. The first-order valence-corrected chi connectivity index (χ1v) is 7.12. The summed E-state index contributed by atoms with van der Waals surface area (Å²) in [5, 5.41) is 14.9. The summed E-state index contributed by atoms with van der Waals surface area (Å²) >= 11 is 0. The minimum absolute atomic E-state index is 0.139. The van der Waals surface area contributed by atoms with Crippen molar-refractivity contribution in [2.45, 2.75) is 45.2 Å². The molecule has 0 saturated heterocycles. The van der Waals surface area contributed by atoms with Crippen LogP contribution in [0, 0.1) is 11.7 Å². The van der Waals surface area contributed by atoms with Crippen molar-refractivity contribution in [3.63, 3.8) is 0 Å². The number of hydrogen-bond donors (Lipinski definition) is 3. The van der Waals surface area contributed by atoms with Crippen LogP contribution in [0.3, 0.4) is 0 Å². The third-order valence-corrected chi connectivity index (χ3v) is 4.18. The highest BCUT2D eigenvalue weighted by molar-refractivity contribution is 5.97. The SMILES string of the molecule is C[C@@H](NCc1cccc(/C(N)=N/O)c1F)C1CCCC1. The van der Waals surface area contributed by atoms with Gasteiger partial charge in [-0.05, 0) is 31.7 Å². The molecule has 1 aromatic carbocycles. The first kappa shape index (κ1) is 14.8. The second-order valence-electron chi connectivity index (χ2n) is 5.48. The molecule has 1 saturated carbocycles. The van der Waals surface area contributed by atoms with Gasteiger partial charge in [0.05, 0.1) is 5.56 Å². The molecule has 0 unspecified atom stereocenters. The van der Waals surface area contributed by atoms with Crippen LogP contribution in [0.25, 0.3) is 0 Å². The Labute approximate surface area is 118 Å². The quantitative estimate of drug-likeness (QED) is 0.336. The van der Waals surface area contributed by atoms with E-state index in [1.165, 1.54) is 31.7 Å². The number of amidine groups is 1. The molecular formula is C15H22FN3O. The van der Waals surface area contributed by atoms with Gasteiger partial charge in [0.15, 0.2) is 5.84 Å². The molecule has 1 aliphatic carbocycles. The van der Waals surface area contributed by atoms with Crippen LogP contribution in [-0.2, 0) is 6.54 Å². The van der Waals surface area contributed by atoms with Gasteiger partial charge in [0, 0.05) is 18.2 Å². The number of nitrogens with zero attached hydrogens (tertiary/aromatic N) is 1. The van der Waals surface area contributed by atoms with E-state index in [0.29, 0.717) is 24.1 Å². The summed E-state index contributed by atoms with van der Waals surface area (Å²) < 4.78 is 14.2. The van der Waals surface area contributed by atoms with Gasteiger partial charge in [-0.1, -0.05) is 30.1 Å². The molecule has 4 nitrogen and oxygen atoms in total. The van der Waals surface area contributed by atoms with Crippen molar-refractivity contribution >= 4 is 5.84 Å². The van der Waals surface area contributed by atoms with E-state index in [4.69, 9.17) is 10.9 Å². The Morgan fingerprint density at radius 3 is 2.85 bits per heavy atom. The van der Waals surface area contributed by atoms with Gasteiger partial charge in [0.2, 0.25) is 0 Å². The Morgan fingerprint density at radius 2 is 2.20 bits per heavy atom. The highest BCUT2D eigenvalue weighted by Gasteiger charge is 2.21. The molecule has 1 fully saturated rings. The first-order chi connectivity index (χ1) is 9.63. The molecule has 0 radical (unpaired) electrons. The van der Waals surface area contributed by atoms with Gasteiger partial charge in [0.1, 0.15) is 5.82 Å². The molecule has 20 heavy (non-hydrogen) atoms. The lowest BCUT2D eigenvalue weighted by Gasteiger charge is -2.20. The van der Waals surface area contributed by atoms with Gasteiger partial charge in [-0.2, -0.15) is 0 Å². The summed E-state index contributed by atoms with van der Waals surface area (Å²) in [6.07, 6.45) is 5.09. The average molecular weight is 279 g/mol. The summed E-state index contributed by atoms with van der Waals surface area (Å²) in [5.41, 5.74) is 6.14. The summed E-state index contributed by atoms with van der Waals surface area (Å²) in [7, 11) is 0. The van der Waals surface area contributed by atoms with E-state index in [2.05, 4.69) is 17.4 Å². The molecule has 0 spiro atoms. The van der Waals surface area contributed by atoms with E-state index in [0.717, 1.165) is 0 Å². The fraction of sp³-hybridized carbons (Fsp3) is 0.533. The molecule has 110 valence electrons. The molecule has 1 aromatic rings. The topological polar surface area (TPSA) is 70.6 Å². The lowest BCUT2D eigenvalue weighted by atomic mass is 9.99. The molecule has 0 aliphatic heterocycles. The van der Waals surface area contributed by atoms with Gasteiger partial charge in [-0.3, -0.25) is 0 Å². The van der Waals surface area contributed by atoms with E-state index in [-0.39, 0.29) is 11.4 Å². The van der Waals surface area contributed by atoms with Crippen molar-refractivity contribution < 1.29 is 9.60 Å². The molecule has 4 N–H and O–H groups in total. The van der Waals surface area contributed by atoms with Crippen molar-refractivity contribution in [2.24, 2.45) is 16.8 Å². The van der Waals surface area contributed by atoms with Crippen LogP contribution in [0.2, 0.25) is 0 Å². The number of halogens is 1.